The molecule has 0 radical (unpaired) electrons. The Morgan fingerprint density at radius 2 is 2.00 bits per heavy atom. The van der Waals surface area contributed by atoms with Crippen molar-refractivity contribution >= 4 is 0 Å². The van der Waals surface area contributed by atoms with Crippen LogP contribution in [0.2, 0.25) is 0 Å². The summed E-state index contributed by atoms with van der Waals surface area (Å²) in [4.78, 5) is 0. The minimum Gasteiger partial charge on any atom is -0.102 e. The van der Waals surface area contributed by atoms with Crippen molar-refractivity contribution in [3.8, 4) is 0 Å². The minimum atomic E-state index is 0.202. The molecule has 0 heteroatoms. The molecule has 2 aliphatic carbocycles. The average molecular weight is 158 g/mol. The van der Waals surface area contributed by atoms with E-state index in [0.717, 1.165) is 6.42 Å². The van der Waals surface area contributed by atoms with Gasteiger partial charge in [-0.15, -0.1) is 13.2 Å². The fraction of sp³-hybridized carbons (Fsp3) is 0.333. The molecule has 12 heavy (non-hydrogen) atoms. The van der Waals surface area contributed by atoms with Crippen LogP contribution in [0, 0.1) is 10.8 Å². The first-order chi connectivity index (χ1) is 5.68. The molecule has 0 heterocycles. The van der Waals surface area contributed by atoms with Crippen LogP contribution in [-0.2, 0) is 0 Å². The molecule has 0 aromatic heterocycles. The smallest absolute Gasteiger partial charge is 0.0202 e. The maximum Gasteiger partial charge on any atom is 0.0202 e. The third-order valence-electron chi connectivity index (χ3n) is 3.18. The normalized spacial score (nSPS) is 42.9. The molecule has 0 aromatic carbocycles. The van der Waals surface area contributed by atoms with E-state index in [4.69, 9.17) is 0 Å². The third-order valence-corrected chi connectivity index (χ3v) is 3.18. The minimum absolute atomic E-state index is 0.202. The Labute approximate surface area is 74.0 Å². The van der Waals surface area contributed by atoms with Crippen molar-refractivity contribution in [2.24, 2.45) is 10.8 Å². The van der Waals surface area contributed by atoms with Crippen molar-refractivity contribution in [3.63, 3.8) is 0 Å². The summed E-state index contributed by atoms with van der Waals surface area (Å²) in [6.45, 7) is 9.92. The van der Waals surface area contributed by atoms with Crippen LogP contribution >= 0.6 is 0 Å². The Hall–Kier alpha value is -1.04. The molecule has 0 saturated heterocycles. The average Bonchev–Trinajstić information content (AvgIpc) is 2.75. The molecule has 0 amide bonds. The molecule has 0 aromatic rings. The summed E-state index contributed by atoms with van der Waals surface area (Å²) in [6.07, 6.45) is 12.0. The van der Waals surface area contributed by atoms with Crippen molar-refractivity contribution < 1.29 is 0 Å². The first-order valence-corrected chi connectivity index (χ1v) is 4.34. The molecular weight excluding hydrogens is 144 g/mol. The molecule has 62 valence electrons. The summed E-state index contributed by atoms with van der Waals surface area (Å²) >= 11 is 0. The van der Waals surface area contributed by atoms with Crippen LogP contribution in [0.25, 0.3) is 0 Å². The van der Waals surface area contributed by atoms with Gasteiger partial charge in [0.15, 0.2) is 0 Å². The maximum atomic E-state index is 3.90. The predicted molar refractivity (Wildman–Crippen MR) is 52.8 cm³/mol. The van der Waals surface area contributed by atoms with E-state index in [9.17, 15) is 0 Å². The highest BCUT2D eigenvalue weighted by Gasteiger charge is 2.61. The molecule has 2 rings (SSSR count). The number of fused-ring (bicyclic) bond motifs is 1. The van der Waals surface area contributed by atoms with Crippen molar-refractivity contribution in [1.82, 2.24) is 0 Å². The van der Waals surface area contributed by atoms with Gasteiger partial charge in [0, 0.05) is 10.8 Å². The standard InChI is InChI=1S/C12H14/c1-4-11-7-6-10(3)8-12(11,5-2)9-11/h4-8H,1-2,9H2,3H3. The van der Waals surface area contributed by atoms with Gasteiger partial charge in [0.05, 0.1) is 0 Å². The molecule has 0 aliphatic heterocycles. The zero-order valence-corrected chi connectivity index (χ0v) is 7.51. The van der Waals surface area contributed by atoms with Gasteiger partial charge in [-0.25, -0.2) is 0 Å². The topological polar surface area (TPSA) is 0 Å². The highest BCUT2D eigenvalue weighted by Crippen LogP contribution is 2.69. The summed E-state index contributed by atoms with van der Waals surface area (Å²) in [6, 6.07) is 0. The van der Waals surface area contributed by atoms with Gasteiger partial charge in [0.1, 0.15) is 0 Å². The second-order valence-corrected chi connectivity index (χ2v) is 3.89. The van der Waals surface area contributed by atoms with Crippen molar-refractivity contribution in [2.45, 2.75) is 13.3 Å². The van der Waals surface area contributed by atoms with Crippen molar-refractivity contribution in [2.75, 3.05) is 0 Å². The van der Waals surface area contributed by atoms with E-state index in [2.05, 4.69) is 44.4 Å². The van der Waals surface area contributed by atoms with E-state index in [-0.39, 0.29) is 10.8 Å². The third kappa shape index (κ3) is 0.677. The van der Waals surface area contributed by atoms with Crippen LogP contribution in [-0.4, -0.2) is 0 Å². The van der Waals surface area contributed by atoms with Crippen LogP contribution < -0.4 is 0 Å². The zero-order valence-electron chi connectivity index (χ0n) is 7.51. The molecule has 1 fully saturated rings. The molecule has 0 nitrogen and oxygen atoms in total. The van der Waals surface area contributed by atoms with Gasteiger partial charge in [-0.05, 0) is 13.3 Å². The summed E-state index contributed by atoms with van der Waals surface area (Å²) < 4.78 is 0. The lowest BCUT2D eigenvalue weighted by Crippen LogP contribution is -2.08. The molecule has 2 atom stereocenters. The molecule has 0 N–H and O–H groups in total. The van der Waals surface area contributed by atoms with Gasteiger partial charge >= 0.3 is 0 Å². The van der Waals surface area contributed by atoms with Crippen LogP contribution in [0.4, 0.5) is 0 Å². The van der Waals surface area contributed by atoms with E-state index >= 15 is 0 Å². The SMILES string of the molecule is C=CC12C=CC(C)=CC1(C=C)C2. The summed E-state index contributed by atoms with van der Waals surface area (Å²) in [5, 5.41) is 0. The van der Waals surface area contributed by atoms with Gasteiger partial charge in [-0.1, -0.05) is 36.0 Å². The lowest BCUT2D eigenvalue weighted by atomic mass is 9.86. The zero-order chi connectivity index (χ0) is 8.82. The van der Waals surface area contributed by atoms with Crippen LogP contribution in [0.3, 0.4) is 0 Å². The Morgan fingerprint density at radius 3 is 2.58 bits per heavy atom. The number of rotatable bonds is 2. The van der Waals surface area contributed by atoms with Crippen LogP contribution in [0.15, 0.2) is 49.1 Å². The van der Waals surface area contributed by atoms with E-state index in [1.54, 1.807) is 0 Å². The second kappa shape index (κ2) is 2.01. The Kier molecular flexibility index (Phi) is 1.27. The van der Waals surface area contributed by atoms with Gasteiger partial charge in [0.25, 0.3) is 0 Å². The second-order valence-electron chi connectivity index (χ2n) is 3.89. The van der Waals surface area contributed by atoms with E-state index in [1.165, 1.54) is 5.57 Å². The van der Waals surface area contributed by atoms with Gasteiger partial charge in [-0.3, -0.25) is 0 Å². The maximum absolute atomic E-state index is 3.90. The molecule has 2 unspecified atom stereocenters. The fourth-order valence-electron chi connectivity index (χ4n) is 2.23. The van der Waals surface area contributed by atoms with Gasteiger partial charge in [0.2, 0.25) is 0 Å². The van der Waals surface area contributed by atoms with Crippen LogP contribution in [0.5, 0.6) is 0 Å². The predicted octanol–water partition coefficient (Wildman–Crippen LogP) is 3.25. The first-order valence-electron chi connectivity index (χ1n) is 4.34. The summed E-state index contributed by atoms with van der Waals surface area (Å²) in [7, 11) is 0. The lowest BCUT2D eigenvalue weighted by molar-refractivity contribution is 0.665. The summed E-state index contributed by atoms with van der Waals surface area (Å²) in [5.41, 5.74) is 1.74. The largest absolute Gasteiger partial charge is 0.102 e. The lowest BCUT2D eigenvalue weighted by Gasteiger charge is -2.17. The quantitative estimate of drug-likeness (QED) is 0.541. The molecular formula is C12H14. The van der Waals surface area contributed by atoms with E-state index in [0.29, 0.717) is 0 Å². The Balaban J connectivity index is 2.45. The number of allylic oxidation sites excluding steroid dienone is 6. The number of hydrogen-bond acceptors (Lipinski definition) is 0. The van der Waals surface area contributed by atoms with Crippen LogP contribution in [0.1, 0.15) is 13.3 Å². The van der Waals surface area contributed by atoms with Crippen molar-refractivity contribution in [3.05, 3.63) is 49.1 Å². The fourth-order valence-corrected chi connectivity index (χ4v) is 2.23. The monoisotopic (exact) mass is 158 g/mol. The molecule has 2 aliphatic rings. The Bertz CT molecular complexity index is 306. The summed E-state index contributed by atoms with van der Waals surface area (Å²) in [5.74, 6) is 0. The highest BCUT2D eigenvalue weighted by atomic mass is 14.6. The first kappa shape index (κ1) is 7.60. The van der Waals surface area contributed by atoms with Gasteiger partial charge < -0.3 is 0 Å². The van der Waals surface area contributed by atoms with Gasteiger partial charge in [-0.2, -0.15) is 0 Å². The molecule has 1 saturated carbocycles. The number of hydrogen-bond donors (Lipinski definition) is 0. The van der Waals surface area contributed by atoms with E-state index in [1.807, 2.05) is 6.08 Å². The Morgan fingerprint density at radius 1 is 1.33 bits per heavy atom. The van der Waals surface area contributed by atoms with Crippen molar-refractivity contribution in [1.29, 1.82) is 0 Å². The molecule has 0 spiro atoms. The highest BCUT2D eigenvalue weighted by molar-refractivity contribution is 5.47. The van der Waals surface area contributed by atoms with E-state index < -0.39 is 0 Å². The molecule has 0 bridgehead atoms.